The maximum Gasteiger partial charge on any atom is 0.340 e. The molecule has 2 aromatic rings. The number of carbonyl (C=O) groups is 1. The third-order valence-electron chi connectivity index (χ3n) is 3.55. The minimum absolute atomic E-state index is 0.331. The van der Waals surface area contributed by atoms with Crippen molar-refractivity contribution >= 4 is 28.8 Å². The van der Waals surface area contributed by atoms with E-state index in [9.17, 15) is 4.79 Å². The molecule has 1 aliphatic rings. The molecule has 0 saturated carbocycles. The van der Waals surface area contributed by atoms with Gasteiger partial charge in [0.1, 0.15) is 5.82 Å². The van der Waals surface area contributed by atoms with Gasteiger partial charge in [0.05, 0.1) is 24.1 Å². The van der Waals surface area contributed by atoms with E-state index >= 15 is 0 Å². The van der Waals surface area contributed by atoms with Crippen molar-refractivity contribution in [1.82, 2.24) is 4.98 Å². The number of fused-ring (bicyclic) bond motifs is 1. The van der Waals surface area contributed by atoms with Crippen molar-refractivity contribution in [2.24, 2.45) is 0 Å². The Morgan fingerprint density at radius 2 is 2.43 bits per heavy atom. The van der Waals surface area contributed by atoms with E-state index in [1.54, 1.807) is 24.3 Å². The molecule has 0 unspecified atom stereocenters. The zero-order chi connectivity index (χ0) is 14.8. The Balaban J connectivity index is 1.86. The van der Waals surface area contributed by atoms with Gasteiger partial charge < -0.3 is 15.4 Å². The third kappa shape index (κ3) is 2.71. The van der Waals surface area contributed by atoms with Gasteiger partial charge in [-0.05, 0) is 36.4 Å². The predicted molar refractivity (Wildman–Crippen MR) is 83.7 cm³/mol. The summed E-state index contributed by atoms with van der Waals surface area (Å²) in [5, 5.41) is 2.12. The molecule has 0 radical (unpaired) electrons. The fraction of sp³-hybridized carbons (Fsp3) is 0.333. The molecule has 2 N–H and O–H groups in total. The van der Waals surface area contributed by atoms with Gasteiger partial charge in [0.25, 0.3) is 0 Å². The van der Waals surface area contributed by atoms with E-state index in [1.165, 1.54) is 16.6 Å². The van der Waals surface area contributed by atoms with Crippen molar-refractivity contribution in [3.05, 3.63) is 39.7 Å². The number of esters is 1. The summed E-state index contributed by atoms with van der Waals surface area (Å²) in [7, 11) is 0. The van der Waals surface area contributed by atoms with Crippen LogP contribution in [0, 0.1) is 0 Å². The molecule has 3 heterocycles. The van der Waals surface area contributed by atoms with Crippen LogP contribution in [0.15, 0.2) is 23.7 Å². The predicted octanol–water partition coefficient (Wildman–Crippen LogP) is 2.46. The number of rotatable bonds is 3. The van der Waals surface area contributed by atoms with Gasteiger partial charge in [-0.1, -0.05) is 0 Å². The molecule has 0 amide bonds. The zero-order valence-electron chi connectivity index (χ0n) is 11.8. The number of anilines is 2. The Bertz CT molecular complexity index is 669. The number of nitrogens with zero attached hydrogens (tertiary/aromatic N) is 2. The van der Waals surface area contributed by atoms with E-state index in [1.807, 2.05) is 0 Å². The lowest BCUT2D eigenvalue weighted by atomic mass is 10.1. The number of aromatic nitrogens is 1. The minimum Gasteiger partial charge on any atom is -0.462 e. The Hall–Kier alpha value is -2.08. The number of hydrogen-bond acceptors (Lipinski definition) is 6. The van der Waals surface area contributed by atoms with Crippen LogP contribution in [0.3, 0.4) is 0 Å². The Morgan fingerprint density at radius 3 is 3.24 bits per heavy atom. The van der Waals surface area contributed by atoms with Crippen LogP contribution in [0.5, 0.6) is 0 Å². The van der Waals surface area contributed by atoms with Crippen molar-refractivity contribution < 1.29 is 9.53 Å². The molecule has 0 atom stereocenters. The first-order valence-corrected chi connectivity index (χ1v) is 7.80. The van der Waals surface area contributed by atoms with Gasteiger partial charge in [0.2, 0.25) is 0 Å². The minimum atomic E-state index is -0.396. The van der Waals surface area contributed by atoms with E-state index < -0.39 is 5.97 Å². The summed E-state index contributed by atoms with van der Waals surface area (Å²) in [4.78, 5) is 19.9. The molecule has 1 aliphatic heterocycles. The Morgan fingerprint density at radius 1 is 1.57 bits per heavy atom. The maximum atomic E-state index is 11.9. The largest absolute Gasteiger partial charge is 0.462 e. The lowest BCUT2D eigenvalue weighted by Gasteiger charge is -2.28. The zero-order valence-corrected chi connectivity index (χ0v) is 12.7. The smallest absolute Gasteiger partial charge is 0.340 e. The van der Waals surface area contributed by atoms with Gasteiger partial charge in [0, 0.05) is 18.0 Å². The van der Waals surface area contributed by atoms with Crippen molar-refractivity contribution in [3.63, 3.8) is 0 Å². The standard InChI is InChI=1S/C15H17N3O2S/c1-2-20-15(19)11-7-14(17-8-12(11)16)18-5-3-13-10(9-18)4-6-21-13/h4,6-8H,2-3,5,9,16H2,1H3. The number of nitrogens with two attached hydrogens (primary N) is 1. The van der Waals surface area contributed by atoms with Crippen LogP contribution in [0.4, 0.5) is 11.5 Å². The summed E-state index contributed by atoms with van der Waals surface area (Å²) in [5.74, 6) is 0.371. The molecular formula is C15H17N3O2S. The molecule has 0 spiro atoms. The molecule has 6 heteroatoms. The molecule has 0 fully saturated rings. The second kappa shape index (κ2) is 5.73. The molecule has 110 valence electrons. The van der Waals surface area contributed by atoms with Crippen molar-refractivity contribution in [1.29, 1.82) is 0 Å². The van der Waals surface area contributed by atoms with Crippen LogP contribution in [-0.2, 0) is 17.7 Å². The topological polar surface area (TPSA) is 68.5 Å². The quantitative estimate of drug-likeness (QED) is 0.882. The molecule has 2 aromatic heterocycles. The highest BCUT2D eigenvalue weighted by molar-refractivity contribution is 7.10. The van der Waals surface area contributed by atoms with E-state index in [0.717, 1.165) is 25.3 Å². The summed E-state index contributed by atoms with van der Waals surface area (Å²) in [6.45, 7) is 3.82. The monoisotopic (exact) mass is 303 g/mol. The molecule has 21 heavy (non-hydrogen) atoms. The maximum absolute atomic E-state index is 11.9. The summed E-state index contributed by atoms with van der Waals surface area (Å²) in [5.41, 5.74) is 7.90. The van der Waals surface area contributed by atoms with Crippen LogP contribution in [-0.4, -0.2) is 24.1 Å². The molecular weight excluding hydrogens is 286 g/mol. The van der Waals surface area contributed by atoms with E-state index in [4.69, 9.17) is 10.5 Å². The number of pyridine rings is 1. The normalized spacial score (nSPS) is 13.9. The van der Waals surface area contributed by atoms with E-state index in [2.05, 4.69) is 21.3 Å². The van der Waals surface area contributed by atoms with Gasteiger partial charge in [-0.2, -0.15) is 0 Å². The first-order chi connectivity index (χ1) is 10.2. The highest BCUT2D eigenvalue weighted by Gasteiger charge is 2.20. The number of ether oxygens (including phenoxy) is 1. The van der Waals surface area contributed by atoms with Crippen molar-refractivity contribution in [2.45, 2.75) is 19.9 Å². The molecule has 0 saturated heterocycles. The fourth-order valence-electron chi connectivity index (χ4n) is 2.46. The molecule has 0 aliphatic carbocycles. The fourth-order valence-corrected chi connectivity index (χ4v) is 3.35. The summed E-state index contributed by atoms with van der Waals surface area (Å²) in [6.07, 6.45) is 2.54. The second-order valence-corrected chi connectivity index (χ2v) is 5.89. The van der Waals surface area contributed by atoms with E-state index in [-0.39, 0.29) is 0 Å². The van der Waals surface area contributed by atoms with Gasteiger partial charge in [0.15, 0.2) is 0 Å². The number of thiophene rings is 1. The number of nitrogen functional groups attached to an aromatic ring is 1. The second-order valence-electron chi connectivity index (χ2n) is 4.89. The summed E-state index contributed by atoms with van der Waals surface area (Å²) < 4.78 is 5.03. The SMILES string of the molecule is CCOC(=O)c1cc(N2CCc3sccc3C2)ncc1N. The van der Waals surface area contributed by atoms with E-state index in [0.29, 0.717) is 17.9 Å². The molecule has 0 aromatic carbocycles. The van der Waals surface area contributed by atoms with Gasteiger partial charge in [-0.25, -0.2) is 9.78 Å². The molecule has 3 rings (SSSR count). The first-order valence-electron chi connectivity index (χ1n) is 6.92. The number of carbonyl (C=O) groups excluding carboxylic acids is 1. The first kappa shape index (κ1) is 13.9. The average molecular weight is 303 g/mol. The highest BCUT2D eigenvalue weighted by atomic mass is 32.1. The average Bonchev–Trinajstić information content (AvgIpc) is 2.95. The summed E-state index contributed by atoms with van der Waals surface area (Å²) >= 11 is 1.80. The highest BCUT2D eigenvalue weighted by Crippen LogP contribution is 2.28. The van der Waals surface area contributed by atoms with Gasteiger partial charge >= 0.3 is 5.97 Å². The molecule has 5 nitrogen and oxygen atoms in total. The van der Waals surface area contributed by atoms with Crippen LogP contribution < -0.4 is 10.6 Å². The van der Waals surface area contributed by atoms with Crippen LogP contribution in [0.2, 0.25) is 0 Å². The van der Waals surface area contributed by atoms with Crippen LogP contribution in [0.1, 0.15) is 27.7 Å². The van der Waals surface area contributed by atoms with Crippen LogP contribution >= 0.6 is 11.3 Å². The Labute approximate surface area is 127 Å². The molecule has 0 bridgehead atoms. The van der Waals surface area contributed by atoms with Crippen molar-refractivity contribution in [3.8, 4) is 0 Å². The van der Waals surface area contributed by atoms with Crippen molar-refractivity contribution in [2.75, 3.05) is 23.8 Å². The van der Waals surface area contributed by atoms with Gasteiger partial charge in [-0.3, -0.25) is 0 Å². The Kier molecular flexibility index (Phi) is 3.79. The number of hydrogen-bond donors (Lipinski definition) is 1. The lowest BCUT2D eigenvalue weighted by molar-refractivity contribution is 0.0527. The lowest BCUT2D eigenvalue weighted by Crippen LogP contribution is -2.30. The third-order valence-corrected chi connectivity index (χ3v) is 4.57. The van der Waals surface area contributed by atoms with Crippen LogP contribution in [0.25, 0.3) is 0 Å². The summed E-state index contributed by atoms with van der Waals surface area (Å²) in [6, 6.07) is 3.88. The van der Waals surface area contributed by atoms with Gasteiger partial charge in [-0.15, -0.1) is 11.3 Å².